The Morgan fingerprint density at radius 1 is 1.12 bits per heavy atom. The number of carbonyl (C=O) groups excluding carboxylic acids is 2. The molecule has 2 unspecified atom stereocenters. The largest absolute Gasteiger partial charge is 0.548 e. The van der Waals surface area contributed by atoms with E-state index in [9.17, 15) is 14.7 Å². The van der Waals surface area contributed by atoms with Gasteiger partial charge in [0.05, 0.1) is 17.4 Å². The zero-order valence-electron chi connectivity index (χ0n) is 15.6. The molecule has 2 bridgehead atoms. The van der Waals surface area contributed by atoms with Crippen molar-refractivity contribution < 1.29 is 14.7 Å². The molecule has 1 amide bonds. The molecule has 1 aromatic carbocycles. The van der Waals surface area contributed by atoms with Gasteiger partial charge in [-0.05, 0) is 55.4 Å². The highest BCUT2D eigenvalue weighted by atomic mass is 16.4. The smallest absolute Gasteiger partial charge is 0.229 e. The van der Waals surface area contributed by atoms with Crippen LogP contribution in [-0.2, 0) is 15.0 Å². The molecule has 1 aromatic rings. The van der Waals surface area contributed by atoms with Gasteiger partial charge in [0.2, 0.25) is 5.91 Å². The first kappa shape index (κ1) is 17.6. The number of fused-ring (bicyclic) bond motifs is 2. The normalized spacial score (nSPS) is 36.7. The maximum absolute atomic E-state index is 13.6. The van der Waals surface area contributed by atoms with E-state index in [1.165, 1.54) is 12.0 Å². The fourth-order valence-corrected chi connectivity index (χ4v) is 6.17. The van der Waals surface area contributed by atoms with Crippen LogP contribution in [0.3, 0.4) is 0 Å². The molecule has 3 aliphatic rings. The quantitative estimate of drug-likeness (QED) is 0.838. The maximum Gasteiger partial charge on any atom is 0.229 e. The molecule has 0 spiro atoms. The molecule has 3 fully saturated rings. The average Bonchev–Trinajstić information content (AvgIpc) is 3.11. The molecule has 2 aliphatic carbocycles. The number of carboxylic acid groups (broad SMARTS) is 1. The maximum atomic E-state index is 13.6. The topological polar surface area (TPSA) is 60.4 Å². The summed E-state index contributed by atoms with van der Waals surface area (Å²) in [6.45, 7) is 2.86. The molecule has 1 heterocycles. The first-order valence-corrected chi connectivity index (χ1v) is 10.0. The number of carbonyl (C=O) groups is 2. The second-order valence-corrected chi connectivity index (χ2v) is 9.03. The van der Waals surface area contributed by atoms with Crippen LogP contribution in [0.5, 0.6) is 0 Å². The van der Waals surface area contributed by atoms with Crippen LogP contribution in [0.15, 0.2) is 30.3 Å². The summed E-state index contributed by atoms with van der Waals surface area (Å²) in [7, 11) is 0. The molecule has 4 nitrogen and oxygen atoms in total. The number of amides is 1. The third kappa shape index (κ3) is 2.83. The van der Waals surface area contributed by atoms with Crippen LogP contribution >= 0.6 is 0 Å². The van der Waals surface area contributed by atoms with Crippen LogP contribution in [0.4, 0.5) is 0 Å². The molecule has 1 aliphatic heterocycles. The molecule has 0 radical (unpaired) electrons. The molecule has 4 atom stereocenters. The molecule has 4 rings (SSSR count). The van der Waals surface area contributed by atoms with Crippen LogP contribution in [0, 0.1) is 11.3 Å². The molecule has 2 saturated carbocycles. The predicted octanol–water partition coefficient (Wildman–Crippen LogP) is 2.66. The average molecular weight is 354 g/mol. The number of carboxylic acids is 1. The minimum Gasteiger partial charge on any atom is -0.548 e. The van der Waals surface area contributed by atoms with E-state index >= 15 is 0 Å². The molecular formula is C22H28NO3-. The summed E-state index contributed by atoms with van der Waals surface area (Å²) >= 11 is 0. The van der Waals surface area contributed by atoms with Gasteiger partial charge in [0.25, 0.3) is 0 Å². The van der Waals surface area contributed by atoms with Crippen LogP contribution in [0.1, 0.15) is 63.9 Å². The minimum atomic E-state index is -1.10. The number of hydrogen-bond acceptors (Lipinski definition) is 3. The third-order valence-electron chi connectivity index (χ3n) is 7.12. The Balaban J connectivity index is 1.67. The molecule has 26 heavy (non-hydrogen) atoms. The Labute approximate surface area is 155 Å². The first-order chi connectivity index (χ1) is 12.4. The predicted molar refractivity (Wildman–Crippen MR) is 97.2 cm³/mol. The van der Waals surface area contributed by atoms with Gasteiger partial charge in [-0.1, -0.05) is 50.1 Å². The number of likely N-dealkylation sites (tertiary alicyclic amines) is 1. The van der Waals surface area contributed by atoms with E-state index < -0.39 is 17.4 Å². The molecule has 0 N–H and O–H groups in total. The molecule has 0 aromatic heterocycles. The van der Waals surface area contributed by atoms with Gasteiger partial charge in [0, 0.05) is 6.54 Å². The van der Waals surface area contributed by atoms with Crippen LogP contribution in [0.25, 0.3) is 0 Å². The van der Waals surface area contributed by atoms with Gasteiger partial charge in [-0.2, -0.15) is 0 Å². The summed E-state index contributed by atoms with van der Waals surface area (Å²) in [4.78, 5) is 26.7. The Morgan fingerprint density at radius 3 is 2.62 bits per heavy atom. The first-order valence-electron chi connectivity index (χ1n) is 10.0. The monoisotopic (exact) mass is 354 g/mol. The van der Waals surface area contributed by atoms with Crippen molar-refractivity contribution in [1.82, 2.24) is 4.90 Å². The van der Waals surface area contributed by atoms with E-state index in [-0.39, 0.29) is 11.3 Å². The molecule has 1 saturated heterocycles. The SMILES string of the molecule is CC1(c2ccccc2)C[C@@H]2CCCC(C(=O)N3CCC[C@@H]3C(=O)[O-])(C2)C1. The summed E-state index contributed by atoms with van der Waals surface area (Å²) in [6, 6.07) is 9.81. The lowest BCUT2D eigenvalue weighted by molar-refractivity contribution is -0.310. The zero-order chi connectivity index (χ0) is 18.4. The summed E-state index contributed by atoms with van der Waals surface area (Å²) in [5.41, 5.74) is 0.891. The zero-order valence-corrected chi connectivity index (χ0v) is 15.6. The summed E-state index contributed by atoms with van der Waals surface area (Å²) in [6.07, 6.45) is 7.31. The van der Waals surface area contributed by atoms with Crippen LogP contribution in [-0.4, -0.2) is 29.4 Å². The lowest BCUT2D eigenvalue weighted by Crippen LogP contribution is -2.56. The van der Waals surface area contributed by atoms with Gasteiger partial charge in [-0.15, -0.1) is 0 Å². The molecule has 4 heteroatoms. The van der Waals surface area contributed by atoms with Crippen LogP contribution in [0.2, 0.25) is 0 Å². The van der Waals surface area contributed by atoms with E-state index in [1.54, 1.807) is 4.90 Å². The minimum absolute atomic E-state index is 0.0169. The van der Waals surface area contributed by atoms with Gasteiger partial charge in [0.15, 0.2) is 0 Å². The van der Waals surface area contributed by atoms with E-state index in [0.717, 1.165) is 38.5 Å². The molecule has 140 valence electrons. The fourth-order valence-electron chi connectivity index (χ4n) is 6.17. The van der Waals surface area contributed by atoms with Crippen molar-refractivity contribution in [3.63, 3.8) is 0 Å². The van der Waals surface area contributed by atoms with E-state index in [4.69, 9.17) is 0 Å². The summed E-state index contributed by atoms with van der Waals surface area (Å²) in [5, 5.41) is 11.5. The number of nitrogens with zero attached hydrogens (tertiary/aromatic N) is 1. The lowest BCUT2D eigenvalue weighted by atomic mass is 9.52. The Morgan fingerprint density at radius 2 is 1.88 bits per heavy atom. The highest BCUT2D eigenvalue weighted by Gasteiger charge is 2.54. The van der Waals surface area contributed by atoms with Crippen molar-refractivity contribution in [1.29, 1.82) is 0 Å². The van der Waals surface area contributed by atoms with E-state index in [2.05, 4.69) is 31.2 Å². The Kier molecular flexibility index (Phi) is 4.32. The van der Waals surface area contributed by atoms with Crippen molar-refractivity contribution in [2.24, 2.45) is 11.3 Å². The van der Waals surface area contributed by atoms with Crippen molar-refractivity contribution in [2.45, 2.75) is 69.7 Å². The van der Waals surface area contributed by atoms with E-state index in [0.29, 0.717) is 18.9 Å². The lowest BCUT2D eigenvalue weighted by Gasteiger charge is -2.53. The van der Waals surface area contributed by atoms with Crippen molar-refractivity contribution in [2.75, 3.05) is 6.54 Å². The van der Waals surface area contributed by atoms with E-state index in [1.807, 2.05) is 6.07 Å². The number of benzene rings is 1. The third-order valence-corrected chi connectivity index (χ3v) is 7.12. The van der Waals surface area contributed by atoms with Crippen molar-refractivity contribution >= 4 is 11.9 Å². The second kappa shape index (κ2) is 6.40. The highest BCUT2D eigenvalue weighted by molar-refractivity contribution is 5.88. The summed E-state index contributed by atoms with van der Waals surface area (Å²) in [5.74, 6) is -0.465. The van der Waals surface area contributed by atoms with Crippen molar-refractivity contribution in [3.8, 4) is 0 Å². The summed E-state index contributed by atoms with van der Waals surface area (Å²) < 4.78 is 0. The van der Waals surface area contributed by atoms with Gasteiger partial charge in [-0.3, -0.25) is 4.79 Å². The second-order valence-electron chi connectivity index (χ2n) is 9.03. The standard InChI is InChI=1S/C22H29NO3/c1-21(17-8-3-2-4-9-17)13-16-7-5-11-22(14-16,15-21)20(26)23-12-6-10-18(23)19(24)25/h2-4,8-9,16,18H,5-7,10-15H2,1H3,(H,24,25)/p-1/t16-,18+,21?,22?/m0/s1. The number of aliphatic carboxylic acids is 1. The van der Waals surface area contributed by atoms with Gasteiger partial charge < -0.3 is 14.8 Å². The Bertz CT molecular complexity index is 703. The molecular weight excluding hydrogens is 326 g/mol. The van der Waals surface area contributed by atoms with Crippen LogP contribution < -0.4 is 5.11 Å². The highest BCUT2D eigenvalue weighted by Crippen LogP contribution is 2.57. The Hall–Kier alpha value is -1.84. The number of rotatable bonds is 3. The fraction of sp³-hybridized carbons (Fsp3) is 0.636. The van der Waals surface area contributed by atoms with Gasteiger partial charge >= 0.3 is 0 Å². The number of hydrogen-bond donors (Lipinski definition) is 0. The van der Waals surface area contributed by atoms with Crippen molar-refractivity contribution in [3.05, 3.63) is 35.9 Å². The van der Waals surface area contributed by atoms with Gasteiger partial charge in [0.1, 0.15) is 0 Å². The van der Waals surface area contributed by atoms with Gasteiger partial charge in [-0.25, -0.2) is 0 Å².